The van der Waals surface area contributed by atoms with Crippen molar-refractivity contribution in [2.24, 2.45) is 4.99 Å². The lowest BCUT2D eigenvalue weighted by Crippen LogP contribution is -2.48. The molecule has 1 aliphatic heterocycles. The van der Waals surface area contributed by atoms with Gasteiger partial charge in [0.1, 0.15) is 6.54 Å². The van der Waals surface area contributed by atoms with Gasteiger partial charge in [-0.3, -0.25) is 9.69 Å². The van der Waals surface area contributed by atoms with Gasteiger partial charge in [0.25, 0.3) is 0 Å². The second kappa shape index (κ2) is 12.4. The maximum atomic E-state index is 11.7. The molecule has 1 fully saturated rings. The number of guanidine groups is 1. The van der Waals surface area contributed by atoms with Crippen LogP contribution in [0.3, 0.4) is 0 Å². The van der Waals surface area contributed by atoms with Crippen LogP contribution in [0.25, 0.3) is 0 Å². The van der Waals surface area contributed by atoms with E-state index in [1.54, 1.807) is 19.0 Å². The van der Waals surface area contributed by atoms with E-state index in [0.29, 0.717) is 6.04 Å². The number of hydrogen-bond acceptors (Lipinski definition) is 3. The predicted octanol–water partition coefficient (Wildman–Crippen LogP) is 2.57. The Bertz CT molecular complexity index is 601. The summed E-state index contributed by atoms with van der Waals surface area (Å²) in [4.78, 5) is 20.1. The molecule has 1 saturated heterocycles. The van der Waals surface area contributed by atoms with Gasteiger partial charge >= 0.3 is 0 Å². The van der Waals surface area contributed by atoms with Crippen molar-refractivity contribution in [3.63, 3.8) is 0 Å². The fraction of sp³-hybridized carbons (Fsp3) is 0.579. The van der Waals surface area contributed by atoms with Gasteiger partial charge in [-0.1, -0.05) is 23.7 Å². The average Bonchev–Trinajstić information content (AvgIpc) is 2.63. The van der Waals surface area contributed by atoms with E-state index < -0.39 is 0 Å². The molecule has 1 aromatic carbocycles. The zero-order valence-electron chi connectivity index (χ0n) is 16.4. The quantitative estimate of drug-likeness (QED) is 0.353. The molecule has 6 nitrogen and oxygen atoms in total. The monoisotopic (exact) mass is 507 g/mol. The van der Waals surface area contributed by atoms with Crippen LogP contribution in [0.15, 0.2) is 29.3 Å². The molecule has 2 N–H and O–H groups in total. The first-order valence-corrected chi connectivity index (χ1v) is 9.57. The molecular weight excluding hydrogens is 477 g/mol. The van der Waals surface area contributed by atoms with Gasteiger partial charge in [-0.05, 0) is 37.5 Å². The Labute approximate surface area is 184 Å². The molecule has 0 aromatic heterocycles. The molecule has 8 heteroatoms. The smallest absolute Gasteiger partial charge is 0.243 e. The van der Waals surface area contributed by atoms with Crippen molar-refractivity contribution in [3.05, 3.63) is 34.9 Å². The van der Waals surface area contributed by atoms with Crippen LogP contribution in [0, 0.1) is 0 Å². The van der Waals surface area contributed by atoms with E-state index in [4.69, 9.17) is 11.6 Å². The summed E-state index contributed by atoms with van der Waals surface area (Å²) in [6.07, 6.45) is 2.11. The normalized spacial score (nSPS) is 15.8. The summed E-state index contributed by atoms with van der Waals surface area (Å²) < 4.78 is 0. The topological polar surface area (TPSA) is 60.0 Å². The number of likely N-dealkylation sites (N-methyl/N-ethyl adjacent to an activating group) is 1. The minimum absolute atomic E-state index is 0. The highest BCUT2D eigenvalue weighted by molar-refractivity contribution is 14.0. The zero-order valence-corrected chi connectivity index (χ0v) is 19.5. The summed E-state index contributed by atoms with van der Waals surface area (Å²) in [6, 6.07) is 8.44. The molecule has 0 atom stereocenters. The average molecular weight is 508 g/mol. The summed E-state index contributed by atoms with van der Waals surface area (Å²) in [6.45, 7) is 6.00. The van der Waals surface area contributed by atoms with Crippen molar-refractivity contribution < 1.29 is 4.79 Å². The minimum atomic E-state index is -0.0000122. The van der Waals surface area contributed by atoms with Crippen LogP contribution in [-0.2, 0) is 11.3 Å². The molecule has 1 aliphatic rings. The predicted molar refractivity (Wildman–Crippen MR) is 123 cm³/mol. The van der Waals surface area contributed by atoms with Crippen LogP contribution in [0.2, 0.25) is 5.02 Å². The van der Waals surface area contributed by atoms with E-state index in [0.717, 1.165) is 50.0 Å². The van der Waals surface area contributed by atoms with Crippen LogP contribution in [0.5, 0.6) is 0 Å². The highest BCUT2D eigenvalue weighted by atomic mass is 127. The molecular formula is C19H31ClIN5O. The van der Waals surface area contributed by atoms with Crippen molar-refractivity contribution in [1.82, 2.24) is 20.4 Å². The number of piperidine rings is 1. The van der Waals surface area contributed by atoms with Crippen LogP contribution < -0.4 is 10.6 Å². The molecule has 0 saturated carbocycles. The Hall–Kier alpha value is -1.06. The van der Waals surface area contributed by atoms with Crippen molar-refractivity contribution in [2.75, 3.05) is 40.3 Å². The number of halogens is 2. The maximum absolute atomic E-state index is 11.7. The van der Waals surface area contributed by atoms with Gasteiger partial charge in [0.2, 0.25) is 5.91 Å². The first kappa shape index (κ1) is 24.0. The SMILES string of the molecule is CCNC(=NCC(=O)N(C)C)NC1CCN(Cc2ccc(Cl)cc2)CC1.I. The molecule has 0 unspecified atom stereocenters. The fourth-order valence-electron chi connectivity index (χ4n) is 2.88. The molecule has 27 heavy (non-hydrogen) atoms. The number of hydrogen-bond donors (Lipinski definition) is 2. The number of carbonyl (C=O) groups excluding carboxylic acids is 1. The van der Waals surface area contributed by atoms with E-state index in [2.05, 4.69) is 32.7 Å². The third kappa shape index (κ3) is 8.66. The van der Waals surface area contributed by atoms with Gasteiger partial charge in [-0.15, -0.1) is 24.0 Å². The number of likely N-dealkylation sites (tertiary alicyclic amines) is 1. The third-order valence-electron chi connectivity index (χ3n) is 4.46. The molecule has 2 rings (SSSR count). The van der Waals surface area contributed by atoms with E-state index in [-0.39, 0.29) is 36.4 Å². The number of amides is 1. The van der Waals surface area contributed by atoms with E-state index in [1.165, 1.54) is 5.56 Å². The Balaban J connectivity index is 0.00000364. The first-order chi connectivity index (χ1) is 12.5. The van der Waals surface area contributed by atoms with Crippen molar-refractivity contribution >= 4 is 47.4 Å². The van der Waals surface area contributed by atoms with Crippen LogP contribution in [-0.4, -0.2) is 68.0 Å². The second-order valence-corrected chi connectivity index (χ2v) is 7.24. The first-order valence-electron chi connectivity index (χ1n) is 9.19. The molecule has 0 bridgehead atoms. The van der Waals surface area contributed by atoms with Gasteiger partial charge in [0, 0.05) is 51.3 Å². The van der Waals surface area contributed by atoms with Crippen molar-refractivity contribution in [3.8, 4) is 0 Å². The lowest BCUT2D eigenvalue weighted by Gasteiger charge is -2.33. The number of benzene rings is 1. The molecule has 0 radical (unpaired) electrons. The summed E-state index contributed by atoms with van der Waals surface area (Å²) in [5.41, 5.74) is 1.29. The van der Waals surface area contributed by atoms with Gasteiger partial charge in [-0.25, -0.2) is 4.99 Å². The zero-order chi connectivity index (χ0) is 18.9. The van der Waals surface area contributed by atoms with Gasteiger partial charge in [-0.2, -0.15) is 0 Å². The summed E-state index contributed by atoms with van der Waals surface area (Å²) >= 11 is 5.95. The Morgan fingerprint density at radius 1 is 1.26 bits per heavy atom. The van der Waals surface area contributed by atoms with Crippen LogP contribution >= 0.6 is 35.6 Å². The summed E-state index contributed by atoms with van der Waals surface area (Å²) in [7, 11) is 3.49. The van der Waals surface area contributed by atoms with Crippen molar-refractivity contribution in [2.45, 2.75) is 32.4 Å². The number of nitrogens with one attached hydrogen (secondary N) is 2. The fourth-order valence-corrected chi connectivity index (χ4v) is 3.01. The number of rotatable bonds is 6. The molecule has 0 aliphatic carbocycles. The maximum Gasteiger partial charge on any atom is 0.243 e. The van der Waals surface area contributed by atoms with Crippen LogP contribution in [0.1, 0.15) is 25.3 Å². The minimum Gasteiger partial charge on any atom is -0.357 e. The lowest BCUT2D eigenvalue weighted by atomic mass is 10.0. The van der Waals surface area contributed by atoms with Crippen LogP contribution in [0.4, 0.5) is 0 Å². The second-order valence-electron chi connectivity index (χ2n) is 6.80. The van der Waals surface area contributed by atoms with Gasteiger partial charge in [0.05, 0.1) is 0 Å². The summed E-state index contributed by atoms with van der Waals surface area (Å²) in [5.74, 6) is 0.721. The number of aliphatic imine (C=N–C) groups is 1. The van der Waals surface area contributed by atoms with E-state index in [9.17, 15) is 4.79 Å². The lowest BCUT2D eigenvalue weighted by molar-refractivity contribution is -0.127. The number of nitrogens with zero attached hydrogens (tertiary/aromatic N) is 3. The Kier molecular flexibility index (Phi) is 11.0. The van der Waals surface area contributed by atoms with E-state index in [1.807, 2.05) is 19.1 Å². The van der Waals surface area contributed by atoms with Gasteiger partial charge in [0.15, 0.2) is 5.96 Å². The highest BCUT2D eigenvalue weighted by Gasteiger charge is 2.20. The number of carbonyl (C=O) groups is 1. The molecule has 1 amide bonds. The molecule has 0 spiro atoms. The molecule has 152 valence electrons. The third-order valence-corrected chi connectivity index (χ3v) is 4.72. The highest BCUT2D eigenvalue weighted by Crippen LogP contribution is 2.15. The standard InChI is InChI=1S/C19H30ClN5O.HI/c1-4-21-19(22-13-18(26)24(2)3)23-17-9-11-25(12-10-17)14-15-5-7-16(20)8-6-15;/h5-8,17H,4,9-14H2,1-3H3,(H2,21,22,23);1H. The van der Waals surface area contributed by atoms with Gasteiger partial charge < -0.3 is 15.5 Å². The Morgan fingerprint density at radius 3 is 2.44 bits per heavy atom. The molecule has 1 heterocycles. The molecule has 1 aromatic rings. The van der Waals surface area contributed by atoms with E-state index >= 15 is 0 Å². The summed E-state index contributed by atoms with van der Waals surface area (Å²) in [5, 5.41) is 7.47. The van der Waals surface area contributed by atoms with Crippen molar-refractivity contribution in [1.29, 1.82) is 0 Å². The Morgan fingerprint density at radius 2 is 1.89 bits per heavy atom. The largest absolute Gasteiger partial charge is 0.357 e.